The van der Waals surface area contributed by atoms with E-state index >= 15 is 0 Å². The summed E-state index contributed by atoms with van der Waals surface area (Å²) < 4.78 is 0. The van der Waals surface area contributed by atoms with E-state index in [1.165, 1.54) is 12.5 Å². The van der Waals surface area contributed by atoms with Crippen molar-refractivity contribution in [1.82, 2.24) is 15.3 Å². The first kappa shape index (κ1) is 20.0. The van der Waals surface area contributed by atoms with Gasteiger partial charge in [-0.3, -0.25) is 4.79 Å². The van der Waals surface area contributed by atoms with E-state index in [0.29, 0.717) is 10.6 Å². The van der Waals surface area contributed by atoms with E-state index in [1.54, 1.807) is 12.1 Å². The number of aromatic carboxylic acids is 1. The average molecular weight is 376 g/mol. The van der Waals surface area contributed by atoms with Crippen LogP contribution in [0.15, 0.2) is 36.8 Å². The lowest BCUT2D eigenvalue weighted by Gasteiger charge is -2.24. The van der Waals surface area contributed by atoms with E-state index in [-0.39, 0.29) is 35.9 Å². The molecule has 0 spiro atoms. The van der Waals surface area contributed by atoms with E-state index in [0.717, 1.165) is 5.56 Å². The van der Waals surface area contributed by atoms with Gasteiger partial charge in [-0.05, 0) is 23.6 Å². The molecular weight excluding hydrogens is 354 g/mol. The van der Waals surface area contributed by atoms with Gasteiger partial charge in [0.05, 0.1) is 6.54 Å². The average Bonchev–Trinajstić information content (AvgIpc) is 2.61. The molecule has 7 heteroatoms. The van der Waals surface area contributed by atoms with Crippen molar-refractivity contribution in [2.75, 3.05) is 6.54 Å². The highest BCUT2D eigenvalue weighted by Gasteiger charge is 2.25. The molecule has 2 aromatic rings. The van der Waals surface area contributed by atoms with Gasteiger partial charge >= 0.3 is 5.97 Å². The Balaban J connectivity index is 2.13. The quantitative estimate of drug-likeness (QED) is 0.733. The maximum absolute atomic E-state index is 12.6. The first-order chi connectivity index (χ1) is 12.3. The van der Waals surface area contributed by atoms with Crippen molar-refractivity contribution in [3.05, 3.63) is 58.6 Å². The van der Waals surface area contributed by atoms with Crippen LogP contribution in [0, 0.1) is 5.92 Å². The molecule has 0 aliphatic carbocycles. The largest absolute Gasteiger partial charge is 0.476 e. The van der Waals surface area contributed by atoms with Crippen LogP contribution in [0.4, 0.5) is 0 Å². The molecule has 0 saturated carbocycles. The second kappa shape index (κ2) is 8.87. The van der Waals surface area contributed by atoms with Gasteiger partial charge in [0, 0.05) is 28.7 Å². The Kier molecular flexibility index (Phi) is 6.83. The molecule has 1 aromatic carbocycles. The van der Waals surface area contributed by atoms with Gasteiger partial charge in [-0.1, -0.05) is 44.5 Å². The van der Waals surface area contributed by atoms with Crippen LogP contribution in [0.5, 0.6) is 0 Å². The second-order valence-corrected chi connectivity index (χ2v) is 6.91. The van der Waals surface area contributed by atoms with E-state index in [1.807, 2.05) is 32.9 Å². The summed E-state index contributed by atoms with van der Waals surface area (Å²) >= 11 is 5.88. The molecule has 138 valence electrons. The van der Waals surface area contributed by atoms with Gasteiger partial charge in [-0.2, -0.15) is 0 Å². The summed E-state index contributed by atoms with van der Waals surface area (Å²) in [6, 6.07) is 6.83. The smallest absolute Gasteiger partial charge is 0.354 e. The number of halogens is 1. The normalized spacial score (nSPS) is 13.4. The van der Waals surface area contributed by atoms with Crippen molar-refractivity contribution in [3.8, 4) is 0 Å². The fraction of sp³-hybridized carbons (Fsp3) is 0.368. The molecule has 26 heavy (non-hydrogen) atoms. The Labute approximate surface area is 157 Å². The topological polar surface area (TPSA) is 92.2 Å². The van der Waals surface area contributed by atoms with Crippen LogP contribution in [-0.4, -0.2) is 33.4 Å². The van der Waals surface area contributed by atoms with Crippen LogP contribution in [0.25, 0.3) is 0 Å². The molecule has 1 aromatic heterocycles. The third-order valence-corrected chi connectivity index (χ3v) is 4.55. The molecular formula is C19H22ClN3O3. The number of benzene rings is 1. The van der Waals surface area contributed by atoms with Crippen LogP contribution in [0.1, 0.15) is 54.3 Å². The zero-order valence-corrected chi connectivity index (χ0v) is 15.7. The van der Waals surface area contributed by atoms with E-state index < -0.39 is 5.97 Å². The lowest BCUT2D eigenvalue weighted by Crippen LogP contribution is -2.33. The molecule has 0 aliphatic heterocycles. The standard InChI is InChI=1S/C19H22ClN3O3/c1-11(2)17(15-8-21-10-23-18(15)19(25)26)22-9-16(24)12(3)13-4-6-14(20)7-5-13/h4-8,10-12,17,22H,9H2,1-3H3,(H,25,26). The van der Waals surface area contributed by atoms with E-state index in [4.69, 9.17) is 11.6 Å². The number of carboxylic acids is 1. The second-order valence-electron chi connectivity index (χ2n) is 6.47. The molecule has 1 heterocycles. The van der Waals surface area contributed by atoms with Crippen LogP contribution in [0.3, 0.4) is 0 Å². The van der Waals surface area contributed by atoms with Crippen molar-refractivity contribution >= 4 is 23.4 Å². The van der Waals surface area contributed by atoms with E-state index in [2.05, 4.69) is 15.3 Å². The summed E-state index contributed by atoms with van der Waals surface area (Å²) in [5, 5.41) is 13.1. The molecule has 6 nitrogen and oxygen atoms in total. The Bertz CT molecular complexity index is 778. The van der Waals surface area contributed by atoms with Crippen molar-refractivity contribution in [2.45, 2.75) is 32.7 Å². The fourth-order valence-electron chi connectivity index (χ4n) is 2.75. The van der Waals surface area contributed by atoms with Crippen LogP contribution >= 0.6 is 11.6 Å². The SMILES string of the molecule is CC(C(=O)CNC(c1cncnc1C(=O)O)C(C)C)c1ccc(Cl)cc1. The monoisotopic (exact) mass is 375 g/mol. The zero-order valence-electron chi connectivity index (χ0n) is 14.9. The molecule has 0 fully saturated rings. The number of nitrogens with one attached hydrogen (secondary N) is 1. The maximum atomic E-state index is 12.6. The van der Waals surface area contributed by atoms with Gasteiger partial charge in [-0.15, -0.1) is 0 Å². The highest BCUT2D eigenvalue weighted by Crippen LogP contribution is 2.24. The molecule has 0 saturated heterocycles. The third-order valence-electron chi connectivity index (χ3n) is 4.29. The number of carboxylic acid groups (broad SMARTS) is 1. The van der Waals surface area contributed by atoms with Crippen molar-refractivity contribution in [2.24, 2.45) is 5.92 Å². The molecule has 0 aliphatic rings. The lowest BCUT2D eigenvalue weighted by atomic mass is 9.93. The number of hydrogen-bond acceptors (Lipinski definition) is 5. The Morgan fingerprint density at radius 2 is 1.85 bits per heavy atom. The summed E-state index contributed by atoms with van der Waals surface area (Å²) in [4.78, 5) is 31.8. The molecule has 2 unspecified atom stereocenters. The minimum Gasteiger partial charge on any atom is -0.476 e. The van der Waals surface area contributed by atoms with Gasteiger partial charge in [0.1, 0.15) is 6.33 Å². The minimum atomic E-state index is -1.12. The number of Topliss-reactive ketones (excluding diaryl/α,β-unsaturated/α-hetero) is 1. The number of nitrogens with zero attached hydrogens (tertiary/aromatic N) is 2. The van der Waals surface area contributed by atoms with Gasteiger partial charge in [-0.25, -0.2) is 14.8 Å². The van der Waals surface area contributed by atoms with Crippen molar-refractivity contribution < 1.29 is 14.7 Å². The number of rotatable bonds is 8. The van der Waals surface area contributed by atoms with E-state index in [9.17, 15) is 14.7 Å². The first-order valence-corrected chi connectivity index (χ1v) is 8.73. The number of hydrogen-bond donors (Lipinski definition) is 2. The third kappa shape index (κ3) is 4.86. The molecule has 0 bridgehead atoms. The molecule has 2 rings (SSSR count). The lowest BCUT2D eigenvalue weighted by molar-refractivity contribution is -0.119. The zero-order chi connectivity index (χ0) is 19.3. The summed E-state index contributed by atoms with van der Waals surface area (Å²) in [7, 11) is 0. The van der Waals surface area contributed by atoms with Gasteiger partial charge in [0.25, 0.3) is 0 Å². The van der Waals surface area contributed by atoms with Crippen LogP contribution < -0.4 is 5.32 Å². The van der Waals surface area contributed by atoms with Crippen LogP contribution in [0.2, 0.25) is 5.02 Å². The summed E-state index contributed by atoms with van der Waals surface area (Å²) in [5.41, 5.74) is 1.31. The van der Waals surface area contributed by atoms with Gasteiger partial charge in [0.15, 0.2) is 11.5 Å². The Morgan fingerprint density at radius 1 is 1.19 bits per heavy atom. The Hall–Kier alpha value is -2.31. The summed E-state index contributed by atoms with van der Waals surface area (Å²) in [6.45, 7) is 5.85. The highest BCUT2D eigenvalue weighted by atomic mass is 35.5. The Morgan fingerprint density at radius 3 is 2.42 bits per heavy atom. The number of carbonyl (C=O) groups excluding carboxylic acids is 1. The van der Waals surface area contributed by atoms with Crippen LogP contribution in [-0.2, 0) is 4.79 Å². The molecule has 2 N–H and O–H groups in total. The van der Waals surface area contributed by atoms with Gasteiger partial charge in [0.2, 0.25) is 0 Å². The minimum absolute atomic E-state index is 0.00620. The van der Waals surface area contributed by atoms with Gasteiger partial charge < -0.3 is 10.4 Å². The van der Waals surface area contributed by atoms with Crippen molar-refractivity contribution in [3.63, 3.8) is 0 Å². The first-order valence-electron chi connectivity index (χ1n) is 8.36. The summed E-state index contributed by atoms with van der Waals surface area (Å²) in [6.07, 6.45) is 2.69. The predicted molar refractivity (Wildman–Crippen MR) is 99.4 cm³/mol. The highest BCUT2D eigenvalue weighted by molar-refractivity contribution is 6.30. The number of carbonyl (C=O) groups is 2. The summed E-state index contributed by atoms with van der Waals surface area (Å²) in [5.74, 6) is -1.35. The maximum Gasteiger partial charge on any atom is 0.354 e. The molecule has 0 radical (unpaired) electrons. The fourth-order valence-corrected chi connectivity index (χ4v) is 2.88. The predicted octanol–water partition coefficient (Wildman–Crippen LogP) is 3.49. The molecule has 2 atom stereocenters. The van der Waals surface area contributed by atoms with Crippen molar-refractivity contribution in [1.29, 1.82) is 0 Å². The molecule has 0 amide bonds. The number of aromatic nitrogens is 2. The number of ketones is 1.